The molecule has 1 spiro atoms. The van der Waals surface area contributed by atoms with Crippen molar-refractivity contribution in [3.05, 3.63) is 22.7 Å². The first-order valence-corrected chi connectivity index (χ1v) is 10.3. The molecule has 2 aromatic heterocycles. The Hall–Kier alpha value is -2.54. The number of likely N-dealkylation sites (tertiary alicyclic amines) is 1. The quantitative estimate of drug-likeness (QED) is 0.698. The minimum atomic E-state index is -4.29. The normalized spacial score (nSPS) is 18.2. The van der Waals surface area contributed by atoms with E-state index in [0.717, 1.165) is 11.3 Å². The van der Waals surface area contributed by atoms with E-state index in [1.165, 1.54) is 12.3 Å². The maximum absolute atomic E-state index is 12.8. The molecule has 10 heteroatoms. The van der Waals surface area contributed by atoms with Crippen LogP contribution < -0.4 is 4.90 Å². The zero-order valence-corrected chi connectivity index (χ0v) is 17.7. The molecule has 2 aromatic rings. The number of hydrogen-bond donors (Lipinski definition) is 0. The van der Waals surface area contributed by atoms with Crippen molar-refractivity contribution in [3.8, 4) is 6.07 Å². The smallest absolute Gasteiger partial charge is 0.410 e. The van der Waals surface area contributed by atoms with Crippen molar-refractivity contribution in [1.29, 1.82) is 5.26 Å². The standard InChI is InChI=1S/C20H21F3N4O2S/c1-18(2,3)29-17(28)27-10-19(11-27)8-26(9-19)15-12(6-24)7-25-16-14(15)4-13(30-16)5-20(21,22)23/h4,7H,5,8-11H2,1-3H3. The highest BCUT2D eigenvalue weighted by atomic mass is 32.1. The number of carbonyl (C=O) groups excluding carboxylic acids is 1. The van der Waals surface area contributed by atoms with Gasteiger partial charge < -0.3 is 14.5 Å². The van der Waals surface area contributed by atoms with Crippen LogP contribution in [-0.4, -0.2) is 53.9 Å². The first kappa shape index (κ1) is 20.7. The molecule has 0 N–H and O–H groups in total. The van der Waals surface area contributed by atoms with E-state index >= 15 is 0 Å². The summed E-state index contributed by atoms with van der Waals surface area (Å²) in [4.78, 5) is 20.7. The molecule has 160 valence electrons. The number of anilines is 1. The monoisotopic (exact) mass is 438 g/mol. The Morgan fingerprint density at radius 3 is 2.53 bits per heavy atom. The van der Waals surface area contributed by atoms with Crippen molar-refractivity contribution >= 4 is 33.3 Å². The molecule has 0 aliphatic carbocycles. The van der Waals surface area contributed by atoms with Crippen LogP contribution in [0.1, 0.15) is 31.2 Å². The van der Waals surface area contributed by atoms with Gasteiger partial charge >= 0.3 is 12.3 Å². The van der Waals surface area contributed by atoms with E-state index in [-0.39, 0.29) is 16.4 Å². The Labute approximate surface area is 175 Å². The number of rotatable bonds is 2. The number of pyridine rings is 1. The maximum atomic E-state index is 12.8. The molecule has 6 nitrogen and oxygen atoms in total. The third-order valence-electron chi connectivity index (χ3n) is 5.15. The average Bonchev–Trinajstić information content (AvgIpc) is 2.90. The topological polar surface area (TPSA) is 69.5 Å². The molecule has 2 fully saturated rings. The SMILES string of the molecule is CC(C)(C)OC(=O)N1CC2(C1)CN(c1c(C#N)cnc3sc(CC(F)(F)F)cc13)C2. The fraction of sp³-hybridized carbons (Fsp3) is 0.550. The summed E-state index contributed by atoms with van der Waals surface area (Å²) in [5, 5.41) is 10.1. The Morgan fingerprint density at radius 1 is 1.30 bits per heavy atom. The van der Waals surface area contributed by atoms with Crippen LogP contribution in [0.25, 0.3) is 10.2 Å². The highest BCUT2D eigenvalue weighted by Gasteiger charge is 2.54. The van der Waals surface area contributed by atoms with Crippen molar-refractivity contribution in [1.82, 2.24) is 9.88 Å². The number of alkyl halides is 3. The molecule has 2 saturated heterocycles. The van der Waals surface area contributed by atoms with Crippen LogP contribution in [0, 0.1) is 16.7 Å². The molecule has 0 unspecified atom stereocenters. The lowest BCUT2D eigenvalue weighted by molar-refractivity contribution is -0.126. The molecule has 1 amide bonds. The summed E-state index contributed by atoms with van der Waals surface area (Å²) in [6, 6.07) is 3.60. The van der Waals surface area contributed by atoms with Gasteiger partial charge in [-0.1, -0.05) is 0 Å². The van der Waals surface area contributed by atoms with Gasteiger partial charge in [0.2, 0.25) is 0 Å². The number of ether oxygens (including phenoxy) is 1. The van der Waals surface area contributed by atoms with E-state index in [2.05, 4.69) is 11.1 Å². The van der Waals surface area contributed by atoms with Crippen molar-refractivity contribution in [2.24, 2.45) is 5.41 Å². The number of carbonyl (C=O) groups is 1. The van der Waals surface area contributed by atoms with E-state index in [1.807, 2.05) is 25.7 Å². The van der Waals surface area contributed by atoms with Crippen LogP contribution in [0.15, 0.2) is 12.3 Å². The van der Waals surface area contributed by atoms with E-state index in [1.54, 1.807) is 4.90 Å². The molecule has 30 heavy (non-hydrogen) atoms. The summed E-state index contributed by atoms with van der Waals surface area (Å²) in [6.45, 7) is 7.84. The molecule has 4 rings (SSSR count). The molecule has 0 aromatic carbocycles. The summed E-state index contributed by atoms with van der Waals surface area (Å²) in [6.07, 6.45) is -4.23. The molecule has 0 bridgehead atoms. The van der Waals surface area contributed by atoms with Gasteiger partial charge in [-0.25, -0.2) is 9.78 Å². The summed E-state index contributed by atoms with van der Waals surface area (Å²) in [5.41, 5.74) is 0.359. The fourth-order valence-corrected chi connectivity index (χ4v) is 5.11. The summed E-state index contributed by atoms with van der Waals surface area (Å²) in [5.74, 6) is 0. The first-order chi connectivity index (χ1) is 13.9. The number of nitriles is 1. The summed E-state index contributed by atoms with van der Waals surface area (Å²) in [7, 11) is 0. The predicted molar refractivity (Wildman–Crippen MR) is 107 cm³/mol. The van der Waals surface area contributed by atoms with Crippen LogP contribution in [0.4, 0.5) is 23.7 Å². The Bertz CT molecular complexity index is 1040. The lowest BCUT2D eigenvalue weighted by Gasteiger charge is -2.60. The second-order valence-electron chi connectivity index (χ2n) is 9.05. The molecule has 0 atom stereocenters. The van der Waals surface area contributed by atoms with Gasteiger partial charge in [-0.2, -0.15) is 18.4 Å². The van der Waals surface area contributed by atoms with E-state index in [0.29, 0.717) is 47.6 Å². The van der Waals surface area contributed by atoms with Crippen LogP contribution in [-0.2, 0) is 11.2 Å². The van der Waals surface area contributed by atoms with Crippen molar-refractivity contribution in [3.63, 3.8) is 0 Å². The largest absolute Gasteiger partial charge is 0.444 e. The lowest BCUT2D eigenvalue weighted by atomic mass is 9.72. The third-order valence-corrected chi connectivity index (χ3v) is 6.20. The first-order valence-electron chi connectivity index (χ1n) is 9.49. The van der Waals surface area contributed by atoms with Crippen molar-refractivity contribution in [2.45, 2.75) is 39.0 Å². The fourth-order valence-electron chi connectivity index (χ4n) is 4.07. The molecule has 4 heterocycles. The molecule has 0 radical (unpaired) electrons. The summed E-state index contributed by atoms with van der Waals surface area (Å²) >= 11 is 1.00. The van der Waals surface area contributed by atoms with E-state index in [9.17, 15) is 23.2 Å². The zero-order valence-electron chi connectivity index (χ0n) is 16.8. The lowest BCUT2D eigenvalue weighted by Crippen LogP contribution is -2.73. The number of amides is 1. The Kier molecular flexibility index (Phi) is 4.65. The van der Waals surface area contributed by atoms with Gasteiger partial charge in [0.15, 0.2) is 0 Å². The van der Waals surface area contributed by atoms with Crippen LogP contribution in [0.2, 0.25) is 0 Å². The van der Waals surface area contributed by atoms with Gasteiger partial charge in [0.25, 0.3) is 0 Å². The Morgan fingerprint density at radius 2 is 1.97 bits per heavy atom. The van der Waals surface area contributed by atoms with Gasteiger partial charge in [-0.3, -0.25) is 0 Å². The Balaban J connectivity index is 1.50. The van der Waals surface area contributed by atoms with E-state index < -0.39 is 18.2 Å². The average molecular weight is 438 g/mol. The van der Waals surface area contributed by atoms with Crippen LogP contribution >= 0.6 is 11.3 Å². The summed E-state index contributed by atoms with van der Waals surface area (Å²) < 4.78 is 43.8. The maximum Gasteiger partial charge on any atom is 0.410 e. The second kappa shape index (κ2) is 6.74. The number of halogens is 3. The van der Waals surface area contributed by atoms with Gasteiger partial charge in [-0.05, 0) is 26.8 Å². The van der Waals surface area contributed by atoms with Gasteiger partial charge in [-0.15, -0.1) is 11.3 Å². The van der Waals surface area contributed by atoms with Crippen molar-refractivity contribution in [2.75, 3.05) is 31.1 Å². The van der Waals surface area contributed by atoms with Gasteiger partial charge in [0.1, 0.15) is 16.5 Å². The van der Waals surface area contributed by atoms with Gasteiger partial charge in [0.05, 0.1) is 17.7 Å². The predicted octanol–water partition coefficient (Wildman–Crippen LogP) is 4.33. The number of nitrogens with zero attached hydrogens (tertiary/aromatic N) is 4. The molecule has 2 aliphatic heterocycles. The number of hydrogen-bond acceptors (Lipinski definition) is 6. The molecule has 2 aliphatic rings. The number of thiophene rings is 1. The molecular weight excluding hydrogens is 417 g/mol. The zero-order chi connectivity index (χ0) is 21.9. The number of fused-ring (bicyclic) bond motifs is 1. The highest BCUT2D eigenvalue weighted by molar-refractivity contribution is 7.18. The second-order valence-corrected chi connectivity index (χ2v) is 10.2. The molecular formula is C20H21F3N4O2S. The minimum absolute atomic E-state index is 0.0654. The van der Waals surface area contributed by atoms with Crippen LogP contribution in [0.3, 0.4) is 0 Å². The number of aromatic nitrogens is 1. The van der Waals surface area contributed by atoms with Crippen molar-refractivity contribution < 1.29 is 22.7 Å². The van der Waals surface area contributed by atoms with Crippen LogP contribution in [0.5, 0.6) is 0 Å². The minimum Gasteiger partial charge on any atom is -0.444 e. The van der Waals surface area contributed by atoms with E-state index in [4.69, 9.17) is 4.74 Å². The molecule has 0 saturated carbocycles. The van der Waals surface area contributed by atoms with Gasteiger partial charge in [0, 0.05) is 48.1 Å². The third kappa shape index (κ3) is 3.90. The highest BCUT2D eigenvalue weighted by Crippen LogP contribution is 2.46.